The Bertz CT molecular complexity index is 589. The molecule has 0 radical (unpaired) electrons. The summed E-state index contributed by atoms with van der Waals surface area (Å²) in [6.07, 6.45) is 1.15. The first-order chi connectivity index (χ1) is 11.5. The minimum absolute atomic E-state index is 0.00960. The van der Waals surface area contributed by atoms with Crippen LogP contribution in [0.5, 0.6) is 11.5 Å². The van der Waals surface area contributed by atoms with E-state index in [-0.39, 0.29) is 25.0 Å². The van der Waals surface area contributed by atoms with Gasteiger partial charge in [0.1, 0.15) is 0 Å². The van der Waals surface area contributed by atoms with Crippen LogP contribution in [0.4, 0.5) is 5.69 Å². The van der Waals surface area contributed by atoms with E-state index in [9.17, 15) is 9.59 Å². The molecule has 0 saturated carbocycles. The van der Waals surface area contributed by atoms with Crippen molar-refractivity contribution in [2.75, 3.05) is 45.8 Å². The molecule has 7 nitrogen and oxygen atoms in total. The van der Waals surface area contributed by atoms with Crippen LogP contribution in [0.15, 0.2) is 18.2 Å². The Morgan fingerprint density at radius 1 is 1.12 bits per heavy atom. The number of carbonyl (C=O) groups excluding carboxylic acids is 2. The first-order valence-electron chi connectivity index (χ1n) is 8.05. The highest BCUT2D eigenvalue weighted by molar-refractivity contribution is 5.91. The van der Waals surface area contributed by atoms with Crippen LogP contribution in [-0.4, -0.2) is 62.1 Å². The lowest BCUT2D eigenvalue weighted by Gasteiger charge is -2.21. The van der Waals surface area contributed by atoms with Gasteiger partial charge in [0.15, 0.2) is 11.5 Å². The number of carbonyl (C=O) groups is 2. The van der Waals surface area contributed by atoms with Crippen LogP contribution in [0.25, 0.3) is 0 Å². The average molecular weight is 335 g/mol. The molecule has 2 amide bonds. The fraction of sp³-hybridized carbons (Fsp3) is 0.529. The molecule has 1 aromatic rings. The molecule has 1 heterocycles. The topological polar surface area (TPSA) is 71.1 Å². The van der Waals surface area contributed by atoms with Crippen LogP contribution in [0.3, 0.4) is 0 Å². The predicted molar refractivity (Wildman–Crippen MR) is 91.2 cm³/mol. The zero-order valence-corrected chi connectivity index (χ0v) is 14.5. The Balaban J connectivity index is 1.79. The third kappa shape index (κ3) is 5.42. The monoisotopic (exact) mass is 335 g/mol. The minimum atomic E-state index is -0.132. The van der Waals surface area contributed by atoms with Crippen LogP contribution in [0.1, 0.15) is 19.8 Å². The van der Waals surface area contributed by atoms with Gasteiger partial charge in [0.05, 0.1) is 0 Å². The summed E-state index contributed by atoms with van der Waals surface area (Å²) in [4.78, 5) is 27.5. The molecule has 7 heteroatoms. The predicted octanol–water partition coefficient (Wildman–Crippen LogP) is 1.54. The van der Waals surface area contributed by atoms with Gasteiger partial charge in [0.2, 0.25) is 18.6 Å². The molecule has 2 rings (SSSR count). The fourth-order valence-electron chi connectivity index (χ4n) is 2.44. The molecule has 1 aliphatic heterocycles. The number of benzene rings is 1. The molecule has 132 valence electrons. The van der Waals surface area contributed by atoms with Crippen molar-refractivity contribution < 1.29 is 19.1 Å². The molecule has 0 bridgehead atoms. The van der Waals surface area contributed by atoms with Crippen molar-refractivity contribution in [2.45, 2.75) is 19.8 Å². The van der Waals surface area contributed by atoms with E-state index < -0.39 is 0 Å². The van der Waals surface area contributed by atoms with Crippen LogP contribution < -0.4 is 14.8 Å². The van der Waals surface area contributed by atoms with Gasteiger partial charge in [-0.15, -0.1) is 0 Å². The highest BCUT2D eigenvalue weighted by Gasteiger charge is 2.15. The Hall–Kier alpha value is -2.28. The van der Waals surface area contributed by atoms with Gasteiger partial charge < -0.3 is 24.6 Å². The van der Waals surface area contributed by atoms with Gasteiger partial charge in [-0.2, -0.15) is 0 Å². The highest BCUT2D eigenvalue weighted by atomic mass is 16.7. The largest absolute Gasteiger partial charge is 0.454 e. The minimum Gasteiger partial charge on any atom is -0.454 e. The number of nitrogens with zero attached hydrogens (tertiary/aromatic N) is 2. The maximum absolute atomic E-state index is 12.1. The molecule has 0 fully saturated rings. The summed E-state index contributed by atoms with van der Waals surface area (Å²) in [5.41, 5.74) is 0.659. The molecule has 0 aliphatic carbocycles. The molecule has 0 aromatic heterocycles. The third-order valence-electron chi connectivity index (χ3n) is 3.74. The summed E-state index contributed by atoms with van der Waals surface area (Å²) in [6, 6.07) is 5.27. The number of hydrogen-bond donors (Lipinski definition) is 1. The van der Waals surface area contributed by atoms with E-state index in [0.29, 0.717) is 30.3 Å². The first-order valence-corrected chi connectivity index (χ1v) is 8.05. The van der Waals surface area contributed by atoms with Crippen LogP contribution in [0.2, 0.25) is 0 Å². The summed E-state index contributed by atoms with van der Waals surface area (Å²) in [5, 5.41) is 2.82. The van der Waals surface area contributed by atoms with Gasteiger partial charge in [-0.25, -0.2) is 0 Å². The van der Waals surface area contributed by atoms with Crippen molar-refractivity contribution in [3.8, 4) is 11.5 Å². The summed E-state index contributed by atoms with van der Waals surface area (Å²) >= 11 is 0. The molecule has 0 atom stereocenters. The van der Waals surface area contributed by atoms with Gasteiger partial charge >= 0.3 is 0 Å². The summed E-state index contributed by atoms with van der Waals surface area (Å²) in [5.74, 6) is 1.16. The van der Waals surface area contributed by atoms with Crippen LogP contribution >= 0.6 is 0 Å². The van der Waals surface area contributed by atoms with Gasteiger partial charge in [-0.05, 0) is 39.2 Å². The van der Waals surface area contributed by atoms with Crippen molar-refractivity contribution in [1.29, 1.82) is 0 Å². The van der Waals surface area contributed by atoms with E-state index >= 15 is 0 Å². The molecule has 1 N–H and O–H groups in total. The van der Waals surface area contributed by atoms with Gasteiger partial charge in [-0.3, -0.25) is 9.59 Å². The number of fused-ring (bicyclic) bond motifs is 1. The molecular formula is C17H25N3O4. The first kappa shape index (κ1) is 18.1. The Morgan fingerprint density at radius 2 is 1.88 bits per heavy atom. The summed E-state index contributed by atoms with van der Waals surface area (Å²) in [7, 11) is 3.99. The second-order valence-corrected chi connectivity index (χ2v) is 6.03. The molecule has 1 aromatic carbocycles. The quantitative estimate of drug-likeness (QED) is 0.780. The second-order valence-electron chi connectivity index (χ2n) is 6.03. The van der Waals surface area contributed by atoms with Crippen molar-refractivity contribution in [1.82, 2.24) is 9.80 Å². The molecular weight excluding hydrogens is 310 g/mol. The van der Waals surface area contributed by atoms with Gasteiger partial charge in [0.25, 0.3) is 0 Å². The zero-order valence-electron chi connectivity index (χ0n) is 14.5. The molecule has 0 unspecified atom stereocenters. The van der Waals surface area contributed by atoms with Crippen molar-refractivity contribution in [3.63, 3.8) is 0 Å². The summed E-state index contributed by atoms with van der Waals surface area (Å²) in [6.45, 7) is 3.72. The Labute approximate surface area is 142 Å². The van der Waals surface area contributed by atoms with E-state index in [4.69, 9.17) is 9.47 Å². The van der Waals surface area contributed by atoms with Crippen molar-refractivity contribution in [3.05, 3.63) is 18.2 Å². The molecule has 0 saturated heterocycles. The standard InChI is InChI=1S/C17H25N3O4/c1-13(21)20(9-4-8-19(2)3)10-7-17(22)18-14-5-6-15-16(11-14)24-12-23-15/h5-6,11H,4,7-10,12H2,1-3H3,(H,18,22). The number of anilines is 1. The van der Waals surface area contributed by atoms with E-state index in [1.165, 1.54) is 6.92 Å². The highest BCUT2D eigenvalue weighted by Crippen LogP contribution is 2.34. The smallest absolute Gasteiger partial charge is 0.231 e. The summed E-state index contributed by atoms with van der Waals surface area (Å²) < 4.78 is 10.5. The van der Waals surface area contributed by atoms with Crippen molar-refractivity contribution in [2.24, 2.45) is 0 Å². The lowest BCUT2D eigenvalue weighted by Crippen LogP contribution is -2.34. The zero-order chi connectivity index (χ0) is 17.5. The Kier molecular flexibility index (Phi) is 6.43. The van der Waals surface area contributed by atoms with E-state index in [2.05, 4.69) is 10.2 Å². The number of nitrogens with one attached hydrogen (secondary N) is 1. The number of hydrogen-bond acceptors (Lipinski definition) is 5. The van der Waals surface area contributed by atoms with E-state index in [1.54, 1.807) is 23.1 Å². The number of rotatable bonds is 8. The number of amides is 2. The van der Waals surface area contributed by atoms with Crippen LogP contribution in [0, 0.1) is 0 Å². The van der Waals surface area contributed by atoms with Crippen LogP contribution in [-0.2, 0) is 9.59 Å². The lowest BCUT2D eigenvalue weighted by atomic mass is 10.2. The normalized spacial score (nSPS) is 12.3. The maximum Gasteiger partial charge on any atom is 0.231 e. The van der Waals surface area contributed by atoms with Gasteiger partial charge in [-0.1, -0.05) is 0 Å². The van der Waals surface area contributed by atoms with Crippen molar-refractivity contribution >= 4 is 17.5 Å². The number of ether oxygens (including phenoxy) is 2. The van der Waals surface area contributed by atoms with E-state index in [0.717, 1.165) is 13.0 Å². The average Bonchev–Trinajstić information content (AvgIpc) is 2.97. The maximum atomic E-state index is 12.1. The van der Waals surface area contributed by atoms with Gasteiger partial charge in [0, 0.05) is 38.2 Å². The molecule has 0 spiro atoms. The second kappa shape index (κ2) is 8.54. The molecule has 24 heavy (non-hydrogen) atoms. The Morgan fingerprint density at radius 3 is 2.58 bits per heavy atom. The third-order valence-corrected chi connectivity index (χ3v) is 3.74. The molecule has 1 aliphatic rings. The van der Waals surface area contributed by atoms with E-state index in [1.807, 2.05) is 14.1 Å². The lowest BCUT2D eigenvalue weighted by molar-refractivity contribution is -0.129. The fourth-order valence-corrected chi connectivity index (χ4v) is 2.44. The SMILES string of the molecule is CC(=O)N(CCCN(C)C)CCC(=O)Nc1ccc2c(c1)OCO2.